The van der Waals surface area contributed by atoms with Gasteiger partial charge in [-0.25, -0.2) is 12.8 Å². The van der Waals surface area contributed by atoms with Gasteiger partial charge in [-0.3, -0.25) is 4.79 Å². The largest absolute Gasteiger partial charge is 0.280 e. The van der Waals surface area contributed by atoms with Crippen molar-refractivity contribution in [1.82, 2.24) is 9.78 Å². The maximum atomic E-state index is 13.6. The summed E-state index contributed by atoms with van der Waals surface area (Å²) < 4.78 is 38.5. The van der Waals surface area contributed by atoms with Gasteiger partial charge < -0.3 is 0 Å². The van der Waals surface area contributed by atoms with Gasteiger partial charge in [-0.2, -0.15) is 9.78 Å². The average Bonchev–Trinajstić information content (AvgIpc) is 2.79. The monoisotopic (exact) mass is 466 g/mol. The van der Waals surface area contributed by atoms with Gasteiger partial charge in [0.05, 0.1) is 22.3 Å². The summed E-state index contributed by atoms with van der Waals surface area (Å²) in [6.45, 7) is 0. The Bertz CT molecular complexity index is 1450. The van der Waals surface area contributed by atoms with Crippen LogP contribution in [-0.4, -0.2) is 30.7 Å². The Labute approximate surface area is 189 Å². The molecule has 0 aliphatic carbocycles. The molecule has 4 rings (SSSR count). The molecule has 1 heterocycles. The third kappa shape index (κ3) is 4.24. The Morgan fingerprint density at radius 2 is 1.53 bits per heavy atom. The van der Waals surface area contributed by atoms with E-state index in [0.717, 1.165) is 11.2 Å². The summed E-state index contributed by atoms with van der Waals surface area (Å²) in [5.41, 5.74) is 2.33. The lowest BCUT2D eigenvalue weighted by Gasteiger charge is -2.14. The van der Waals surface area contributed by atoms with Crippen molar-refractivity contribution in [3.8, 4) is 27.9 Å². The van der Waals surface area contributed by atoms with E-state index >= 15 is 0 Å². The molecule has 32 heavy (non-hydrogen) atoms. The first-order valence-corrected chi connectivity index (χ1v) is 12.7. The van der Waals surface area contributed by atoms with Gasteiger partial charge in [-0.1, -0.05) is 36.4 Å². The van der Waals surface area contributed by atoms with E-state index in [1.54, 1.807) is 30.5 Å². The summed E-state index contributed by atoms with van der Waals surface area (Å²) in [4.78, 5) is 14.7. The molecule has 0 aliphatic heterocycles. The predicted molar refractivity (Wildman–Crippen MR) is 126 cm³/mol. The van der Waals surface area contributed by atoms with E-state index in [1.165, 1.54) is 40.7 Å². The van der Waals surface area contributed by atoms with Crippen LogP contribution in [-0.2, 0) is 9.84 Å². The fourth-order valence-corrected chi connectivity index (χ4v) is 4.63. The standard InChI is InChI=1S/C24H19FN2O3S2/c1-31-22-6-4-3-5-21(22)27-24(28)23(17-7-11-18(25)12-8-17)20(15-26-27)16-9-13-19(14-10-16)32(2,29)30/h3-15H,1-2H3. The molecule has 0 bridgehead atoms. The minimum absolute atomic E-state index is 0.180. The first kappa shape index (κ1) is 22.0. The van der Waals surface area contributed by atoms with Gasteiger partial charge in [0.25, 0.3) is 5.56 Å². The molecule has 0 aliphatic rings. The first-order valence-electron chi connectivity index (χ1n) is 9.62. The number of hydrogen-bond acceptors (Lipinski definition) is 5. The molecule has 4 aromatic rings. The molecule has 0 saturated heterocycles. The summed E-state index contributed by atoms with van der Waals surface area (Å²) in [6.07, 6.45) is 4.63. The number of aromatic nitrogens is 2. The fourth-order valence-electron chi connectivity index (χ4n) is 3.43. The maximum Gasteiger partial charge on any atom is 0.280 e. The maximum absolute atomic E-state index is 13.6. The molecule has 0 N–H and O–H groups in total. The van der Waals surface area contributed by atoms with Crippen molar-refractivity contribution >= 4 is 21.6 Å². The molecule has 0 saturated carbocycles. The zero-order valence-corrected chi connectivity index (χ0v) is 19.0. The summed E-state index contributed by atoms with van der Waals surface area (Å²) >= 11 is 1.50. The number of rotatable bonds is 5. The zero-order chi connectivity index (χ0) is 22.9. The van der Waals surface area contributed by atoms with Crippen molar-refractivity contribution in [2.24, 2.45) is 0 Å². The highest BCUT2D eigenvalue weighted by Gasteiger charge is 2.18. The molecule has 1 aromatic heterocycles. The van der Waals surface area contributed by atoms with Gasteiger partial charge in [-0.15, -0.1) is 11.8 Å². The minimum atomic E-state index is -3.35. The number of halogens is 1. The van der Waals surface area contributed by atoms with Crippen LogP contribution in [0, 0.1) is 5.82 Å². The van der Waals surface area contributed by atoms with E-state index in [0.29, 0.717) is 27.9 Å². The van der Waals surface area contributed by atoms with E-state index in [-0.39, 0.29) is 10.5 Å². The molecule has 0 fully saturated rings. The van der Waals surface area contributed by atoms with E-state index in [4.69, 9.17) is 0 Å². The van der Waals surface area contributed by atoms with Gasteiger partial charge in [-0.05, 0) is 53.8 Å². The minimum Gasteiger partial charge on any atom is -0.267 e. The van der Waals surface area contributed by atoms with Crippen molar-refractivity contribution in [3.63, 3.8) is 0 Å². The molecule has 8 heteroatoms. The van der Waals surface area contributed by atoms with Crippen LogP contribution in [0.25, 0.3) is 27.9 Å². The van der Waals surface area contributed by atoms with E-state index in [9.17, 15) is 17.6 Å². The number of sulfone groups is 1. The smallest absolute Gasteiger partial charge is 0.267 e. The van der Waals surface area contributed by atoms with Gasteiger partial charge in [0, 0.05) is 16.7 Å². The second kappa shape index (κ2) is 8.72. The van der Waals surface area contributed by atoms with Crippen molar-refractivity contribution in [1.29, 1.82) is 0 Å². The number of thioether (sulfide) groups is 1. The third-order valence-electron chi connectivity index (χ3n) is 5.02. The number of nitrogens with zero attached hydrogens (tertiary/aromatic N) is 2. The highest BCUT2D eigenvalue weighted by molar-refractivity contribution is 7.98. The van der Waals surface area contributed by atoms with Crippen molar-refractivity contribution < 1.29 is 12.8 Å². The van der Waals surface area contributed by atoms with Crippen LogP contribution < -0.4 is 5.56 Å². The van der Waals surface area contributed by atoms with E-state index in [1.807, 2.05) is 30.5 Å². The fraction of sp³-hybridized carbons (Fsp3) is 0.0833. The molecule has 5 nitrogen and oxygen atoms in total. The van der Waals surface area contributed by atoms with Crippen LogP contribution in [0.2, 0.25) is 0 Å². The summed E-state index contributed by atoms with van der Waals surface area (Å²) in [7, 11) is -3.35. The Kier molecular flexibility index (Phi) is 5.99. The Morgan fingerprint density at radius 3 is 2.16 bits per heavy atom. The highest BCUT2D eigenvalue weighted by atomic mass is 32.2. The number of para-hydroxylation sites is 1. The van der Waals surface area contributed by atoms with Gasteiger partial charge in [0.2, 0.25) is 0 Å². The number of benzene rings is 3. The highest BCUT2D eigenvalue weighted by Crippen LogP contribution is 2.31. The summed E-state index contributed by atoms with van der Waals surface area (Å²) in [5, 5.41) is 4.41. The second-order valence-corrected chi connectivity index (χ2v) is 9.99. The molecule has 0 unspecified atom stereocenters. The van der Waals surface area contributed by atoms with E-state index < -0.39 is 15.7 Å². The SMILES string of the molecule is CSc1ccccc1-n1ncc(-c2ccc(S(C)(=O)=O)cc2)c(-c2ccc(F)cc2)c1=O. The third-order valence-corrected chi connectivity index (χ3v) is 6.93. The Balaban J connectivity index is 1.98. The Morgan fingerprint density at radius 1 is 0.906 bits per heavy atom. The van der Waals surface area contributed by atoms with Gasteiger partial charge in [0.15, 0.2) is 9.84 Å². The lowest BCUT2D eigenvalue weighted by Crippen LogP contribution is -2.24. The molecule has 3 aromatic carbocycles. The van der Waals surface area contributed by atoms with Crippen LogP contribution in [0.15, 0.2) is 93.6 Å². The van der Waals surface area contributed by atoms with Crippen LogP contribution in [0.5, 0.6) is 0 Å². The topological polar surface area (TPSA) is 69.0 Å². The molecular weight excluding hydrogens is 447 g/mol. The molecule has 0 radical (unpaired) electrons. The van der Waals surface area contributed by atoms with Crippen LogP contribution in [0.3, 0.4) is 0 Å². The van der Waals surface area contributed by atoms with Crippen molar-refractivity contribution in [2.45, 2.75) is 9.79 Å². The quantitative estimate of drug-likeness (QED) is 0.394. The predicted octanol–water partition coefficient (Wildman–Crippen LogP) is 4.83. The zero-order valence-electron chi connectivity index (χ0n) is 17.3. The van der Waals surface area contributed by atoms with E-state index in [2.05, 4.69) is 5.10 Å². The second-order valence-electron chi connectivity index (χ2n) is 7.13. The Hall–Kier alpha value is -3.23. The first-order chi connectivity index (χ1) is 15.3. The molecular formula is C24H19FN2O3S2. The molecule has 162 valence electrons. The average molecular weight is 467 g/mol. The molecule has 0 spiro atoms. The summed E-state index contributed by atoms with van der Waals surface area (Å²) in [6, 6.07) is 19.4. The van der Waals surface area contributed by atoms with Crippen LogP contribution in [0.4, 0.5) is 4.39 Å². The van der Waals surface area contributed by atoms with Gasteiger partial charge >= 0.3 is 0 Å². The van der Waals surface area contributed by atoms with Gasteiger partial charge in [0.1, 0.15) is 5.82 Å². The van der Waals surface area contributed by atoms with Crippen molar-refractivity contribution in [2.75, 3.05) is 12.5 Å². The normalized spacial score (nSPS) is 11.5. The number of hydrogen-bond donors (Lipinski definition) is 0. The van der Waals surface area contributed by atoms with Crippen molar-refractivity contribution in [3.05, 3.63) is 95.2 Å². The summed E-state index contributed by atoms with van der Waals surface area (Å²) in [5.74, 6) is -0.407. The molecule has 0 amide bonds. The lowest BCUT2D eigenvalue weighted by atomic mass is 9.97. The van der Waals surface area contributed by atoms with Crippen LogP contribution >= 0.6 is 11.8 Å². The molecule has 0 atom stereocenters. The lowest BCUT2D eigenvalue weighted by molar-refractivity contribution is 0.602. The van der Waals surface area contributed by atoms with Crippen LogP contribution in [0.1, 0.15) is 0 Å².